The van der Waals surface area contributed by atoms with Crippen molar-refractivity contribution < 1.29 is 19.4 Å². The number of carboxylic acid groups (broad SMARTS) is 1. The molecule has 0 aliphatic carbocycles. The van der Waals surface area contributed by atoms with E-state index in [9.17, 15) is 9.90 Å². The minimum Gasteiger partial charge on any atom is -0.493 e. The number of nitrogens with one attached hydrogen (secondary N) is 1. The number of carboxylic acids is 1. The third kappa shape index (κ3) is 2.38. The number of fused-ring (bicyclic) bond motifs is 1. The monoisotopic (exact) mass is 265 g/mol. The van der Waals surface area contributed by atoms with Crippen LogP contribution < -0.4 is 14.8 Å². The lowest BCUT2D eigenvalue weighted by Crippen LogP contribution is -2.42. The highest BCUT2D eigenvalue weighted by molar-refractivity contribution is 5.77. The largest absolute Gasteiger partial charge is 0.493 e. The molecule has 5 heteroatoms. The lowest BCUT2D eigenvalue weighted by molar-refractivity contribution is -0.140. The van der Waals surface area contributed by atoms with Gasteiger partial charge in [-0.3, -0.25) is 10.1 Å². The first-order valence-corrected chi connectivity index (χ1v) is 6.35. The molecule has 104 valence electrons. The molecule has 0 saturated heterocycles. The molecule has 0 radical (unpaired) electrons. The van der Waals surface area contributed by atoms with E-state index in [0.29, 0.717) is 11.5 Å². The Balaban J connectivity index is 2.55. The molecule has 2 atom stereocenters. The number of carbonyl (C=O) groups is 1. The fourth-order valence-electron chi connectivity index (χ4n) is 2.58. The molecule has 1 aromatic carbocycles. The van der Waals surface area contributed by atoms with Crippen molar-refractivity contribution in [3.63, 3.8) is 0 Å². The van der Waals surface area contributed by atoms with Crippen LogP contribution in [0.15, 0.2) is 12.1 Å². The van der Waals surface area contributed by atoms with E-state index in [1.54, 1.807) is 26.4 Å². The van der Waals surface area contributed by atoms with Crippen LogP contribution in [0.5, 0.6) is 11.5 Å². The maximum absolute atomic E-state index is 11.4. The summed E-state index contributed by atoms with van der Waals surface area (Å²) in [5.74, 6) is 0.417. The number of benzene rings is 1. The maximum atomic E-state index is 11.4. The molecule has 0 spiro atoms. The van der Waals surface area contributed by atoms with E-state index in [4.69, 9.17) is 9.47 Å². The fourth-order valence-corrected chi connectivity index (χ4v) is 2.58. The van der Waals surface area contributed by atoms with Crippen LogP contribution in [0.1, 0.15) is 30.5 Å². The smallest absolute Gasteiger partial charge is 0.325 e. The zero-order valence-electron chi connectivity index (χ0n) is 11.4. The first-order chi connectivity index (χ1) is 9.12. The predicted molar refractivity (Wildman–Crippen MR) is 70.8 cm³/mol. The van der Waals surface area contributed by atoms with E-state index in [2.05, 4.69) is 5.32 Å². The van der Waals surface area contributed by atoms with E-state index in [1.807, 2.05) is 6.92 Å². The molecule has 0 aromatic heterocycles. The third-order valence-electron chi connectivity index (χ3n) is 3.59. The van der Waals surface area contributed by atoms with Gasteiger partial charge in [-0.2, -0.15) is 0 Å². The van der Waals surface area contributed by atoms with Crippen LogP contribution in [0.4, 0.5) is 0 Å². The summed E-state index contributed by atoms with van der Waals surface area (Å²) >= 11 is 0. The Morgan fingerprint density at radius 1 is 1.42 bits per heavy atom. The number of hydrogen-bond donors (Lipinski definition) is 2. The molecule has 19 heavy (non-hydrogen) atoms. The maximum Gasteiger partial charge on any atom is 0.325 e. The molecular weight excluding hydrogens is 246 g/mol. The van der Waals surface area contributed by atoms with Gasteiger partial charge in [0.2, 0.25) is 0 Å². The summed E-state index contributed by atoms with van der Waals surface area (Å²) in [5, 5.41) is 12.5. The molecule has 0 bridgehead atoms. The highest BCUT2D eigenvalue weighted by atomic mass is 16.5. The average molecular weight is 265 g/mol. The standard InChI is InChI=1S/C14H19NO4/c1-4-8-7-10-9(12(15-8)14(16)17)5-6-11(18-2)13(10)19-3/h5-6,8,12,15H,4,7H2,1-3H3,(H,16,17). The second-order valence-corrected chi connectivity index (χ2v) is 4.62. The molecular formula is C14H19NO4. The number of hydrogen-bond acceptors (Lipinski definition) is 4. The zero-order chi connectivity index (χ0) is 14.0. The second-order valence-electron chi connectivity index (χ2n) is 4.62. The Morgan fingerprint density at radius 3 is 2.68 bits per heavy atom. The van der Waals surface area contributed by atoms with E-state index in [1.165, 1.54) is 0 Å². The molecule has 5 nitrogen and oxygen atoms in total. The van der Waals surface area contributed by atoms with Gasteiger partial charge in [0.25, 0.3) is 0 Å². The number of rotatable bonds is 4. The summed E-state index contributed by atoms with van der Waals surface area (Å²) in [4.78, 5) is 11.4. The van der Waals surface area contributed by atoms with E-state index >= 15 is 0 Å². The molecule has 1 aliphatic rings. The first-order valence-electron chi connectivity index (χ1n) is 6.35. The summed E-state index contributed by atoms with van der Waals surface area (Å²) in [6.07, 6.45) is 1.61. The molecule has 1 heterocycles. The molecule has 2 N–H and O–H groups in total. The average Bonchev–Trinajstić information content (AvgIpc) is 2.44. The van der Waals surface area contributed by atoms with Crippen molar-refractivity contribution in [2.75, 3.05) is 14.2 Å². The van der Waals surface area contributed by atoms with Gasteiger partial charge >= 0.3 is 5.97 Å². The van der Waals surface area contributed by atoms with Gasteiger partial charge in [-0.05, 0) is 24.5 Å². The minimum absolute atomic E-state index is 0.134. The van der Waals surface area contributed by atoms with Crippen LogP contribution >= 0.6 is 0 Å². The quantitative estimate of drug-likeness (QED) is 0.868. The van der Waals surface area contributed by atoms with E-state index < -0.39 is 12.0 Å². The summed E-state index contributed by atoms with van der Waals surface area (Å²) in [7, 11) is 3.16. The molecule has 2 unspecified atom stereocenters. The van der Waals surface area contributed by atoms with Gasteiger partial charge in [-0.25, -0.2) is 0 Å². The lowest BCUT2D eigenvalue weighted by atomic mass is 9.88. The van der Waals surface area contributed by atoms with Crippen LogP contribution in [0, 0.1) is 0 Å². The van der Waals surface area contributed by atoms with Gasteiger partial charge in [0.05, 0.1) is 14.2 Å². The number of methoxy groups -OCH3 is 2. The van der Waals surface area contributed by atoms with Crippen LogP contribution in [-0.2, 0) is 11.2 Å². The Labute approximate surface area is 112 Å². The normalized spacial score (nSPS) is 21.6. The van der Waals surface area contributed by atoms with Crippen molar-refractivity contribution in [1.29, 1.82) is 0 Å². The Hall–Kier alpha value is -1.75. The van der Waals surface area contributed by atoms with Gasteiger partial charge in [0.1, 0.15) is 6.04 Å². The zero-order valence-corrected chi connectivity index (χ0v) is 11.4. The highest BCUT2D eigenvalue weighted by Gasteiger charge is 2.33. The van der Waals surface area contributed by atoms with Crippen LogP contribution in [0.2, 0.25) is 0 Å². The number of ether oxygens (including phenoxy) is 2. The van der Waals surface area contributed by atoms with E-state index in [-0.39, 0.29) is 6.04 Å². The van der Waals surface area contributed by atoms with Gasteiger partial charge < -0.3 is 14.6 Å². The van der Waals surface area contributed by atoms with Crippen LogP contribution in [0.25, 0.3) is 0 Å². The van der Waals surface area contributed by atoms with Gasteiger partial charge in [-0.1, -0.05) is 13.0 Å². The summed E-state index contributed by atoms with van der Waals surface area (Å²) in [5.41, 5.74) is 1.69. The summed E-state index contributed by atoms with van der Waals surface area (Å²) in [6, 6.07) is 3.00. The molecule has 1 aromatic rings. The van der Waals surface area contributed by atoms with Crippen LogP contribution in [0.3, 0.4) is 0 Å². The third-order valence-corrected chi connectivity index (χ3v) is 3.59. The fraction of sp³-hybridized carbons (Fsp3) is 0.500. The number of aliphatic carboxylic acids is 1. The first kappa shape index (κ1) is 13.7. The molecule has 0 fully saturated rings. The van der Waals surface area contributed by atoms with E-state index in [0.717, 1.165) is 24.0 Å². The van der Waals surface area contributed by atoms with Crippen LogP contribution in [-0.4, -0.2) is 31.3 Å². The summed E-state index contributed by atoms with van der Waals surface area (Å²) < 4.78 is 10.7. The van der Waals surface area contributed by atoms with Gasteiger partial charge in [-0.15, -0.1) is 0 Å². The van der Waals surface area contributed by atoms with Crippen molar-refractivity contribution >= 4 is 5.97 Å². The van der Waals surface area contributed by atoms with Crippen molar-refractivity contribution in [2.45, 2.75) is 31.8 Å². The summed E-state index contributed by atoms with van der Waals surface area (Å²) in [6.45, 7) is 2.04. The minimum atomic E-state index is -0.869. The SMILES string of the molecule is CCC1Cc2c(ccc(OC)c2OC)C(C(=O)O)N1. The molecule has 0 amide bonds. The Bertz CT molecular complexity index is 487. The molecule has 1 aliphatic heterocycles. The Kier molecular flexibility index (Phi) is 3.95. The van der Waals surface area contributed by atoms with Gasteiger partial charge in [0, 0.05) is 11.6 Å². The lowest BCUT2D eigenvalue weighted by Gasteiger charge is -2.31. The highest BCUT2D eigenvalue weighted by Crippen LogP contribution is 2.39. The molecule has 2 rings (SSSR count). The van der Waals surface area contributed by atoms with Crippen molar-refractivity contribution in [3.05, 3.63) is 23.3 Å². The predicted octanol–water partition coefficient (Wildman–Crippen LogP) is 1.75. The van der Waals surface area contributed by atoms with Crippen molar-refractivity contribution in [3.8, 4) is 11.5 Å². The topological polar surface area (TPSA) is 67.8 Å². The van der Waals surface area contributed by atoms with Crippen molar-refractivity contribution in [1.82, 2.24) is 5.32 Å². The molecule has 0 saturated carbocycles. The van der Waals surface area contributed by atoms with Gasteiger partial charge in [0.15, 0.2) is 11.5 Å². The van der Waals surface area contributed by atoms with Crippen molar-refractivity contribution in [2.24, 2.45) is 0 Å². The second kappa shape index (κ2) is 5.48. The Morgan fingerprint density at radius 2 is 2.16 bits per heavy atom.